The molecule has 3 rings (SSSR count). The maximum atomic E-state index is 13.2. The van der Waals surface area contributed by atoms with Crippen LogP contribution in [0.4, 0.5) is 10.3 Å². The van der Waals surface area contributed by atoms with Crippen LogP contribution >= 0.6 is 11.8 Å². The molecule has 0 bridgehead atoms. The average molecular weight is 303 g/mol. The first-order chi connectivity index (χ1) is 10.2. The molecule has 0 fully saturated rings. The summed E-state index contributed by atoms with van der Waals surface area (Å²) >= 11 is 1.20. The highest BCUT2D eigenvalue weighted by Crippen LogP contribution is 2.25. The van der Waals surface area contributed by atoms with Gasteiger partial charge in [0.15, 0.2) is 5.16 Å². The maximum Gasteiger partial charge on any atom is 0.256 e. The van der Waals surface area contributed by atoms with Crippen molar-refractivity contribution in [1.29, 1.82) is 0 Å². The second kappa shape index (κ2) is 5.85. The molecule has 3 aromatic rings. The minimum atomic E-state index is -0.321. The van der Waals surface area contributed by atoms with E-state index < -0.39 is 0 Å². The Morgan fingerprint density at radius 2 is 2.10 bits per heavy atom. The average Bonchev–Trinajstić information content (AvgIpc) is 3.01. The van der Waals surface area contributed by atoms with Crippen molar-refractivity contribution in [1.82, 2.24) is 24.7 Å². The van der Waals surface area contributed by atoms with Gasteiger partial charge in [0, 0.05) is 17.3 Å². The highest BCUT2D eigenvalue weighted by molar-refractivity contribution is 7.99. The van der Waals surface area contributed by atoms with E-state index in [0.717, 1.165) is 0 Å². The van der Waals surface area contributed by atoms with E-state index in [0.29, 0.717) is 16.0 Å². The third-order valence-corrected chi connectivity index (χ3v) is 3.30. The molecule has 0 unspecified atom stereocenters. The number of nitrogen functional groups attached to an aromatic ring is 1. The van der Waals surface area contributed by atoms with Crippen LogP contribution in [0.3, 0.4) is 0 Å². The number of hydrogen-bond acceptors (Lipinski definition) is 7. The minimum Gasteiger partial charge on any atom is -0.292 e. The van der Waals surface area contributed by atoms with Crippen molar-refractivity contribution in [3.05, 3.63) is 48.5 Å². The van der Waals surface area contributed by atoms with Crippen molar-refractivity contribution in [3.8, 4) is 5.95 Å². The summed E-state index contributed by atoms with van der Waals surface area (Å²) in [6, 6.07) is 7.91. The van der Waals surface area contributed by atoms with Gasteiger partial charge < -0.3 is 0 Å². The first kappa shape index (κ1) is 13.5. The zero-order valence-electron chi connectivity index (χ0n) is 10.6. The number of benzene rings is 1. The van der Waals surface area contributed by atoms with E-state index in [4.69, 9.17) is 5.84 Å². The predicted octanol–water partition coefficient (Wildman–Crippen LogP) is 1.63. The highest BCUT2D eigenvalue weighted by atomic mass is 32.2. The molecule has 0 saturated carbocycles. The molecule has 0 aliphatic rings. The molecule has 0 aliphatic carbocycles. The van der Waals surface area contributed by atoms with Crippen LogP contribution in [-0.2, 0) is 0 Å². The van der Waals surface area contributed by atoms with Gasteiger partial charge in [-0.1, -0.05) is 6.07 Å². The SMILES string of the molecule is NNc1nc(Sc2cccc(F)c2)nc(-n2cccn2)n1. The van der Waals surface area contributed by atoms with Gasteiger partial charge in [0.1, 0.15) is 5.82 Å². The number of nitrogens with zero attached hydrogens (tertiary/aromatic N) is 5. The Morgan fingerprint density at radius 1 is 1.19 bits per heavy atom. The van der Waals surface area contributed by atoms with Crippen LogP contribution < -0.4 is 11.3 Å². The lowest BCUT2D eigenvalue weighted by atomic mass is 10.4. The normalized spacial score (nSPS) is 10.6. The highest BCUT2D eigenvalue weighted by Gasteiger charge is 2.09. The van der Waals surface area contributed by atoms with E-state index in [1.54, 1.807) is 30.6 Å². The van der Waals surface area contributed by atoms with Gasteiger partial charge in [-0.15, -0.1) is 0 Å². The molecule has 21 heavy (non-hydrogen) atoms. The summed E-state index contributed by atoms with van der Waals surface area (Å²) in [5, 5.41) is 4.43. The van der Waals surface area contributed by atoms with Gasteiger partial charge in [-0.25, -0.2) is 14.9 Å². The quantitative estimate of drug-likeness (QED) is 0.559. The molecule has 2 aromatic heterocycles. The van der Waals surface area contributed by atoms with E-state index in [-0.39, 0.29) is 11.8 Å². The number of aromatic nitrogens is 5. The maximum absolute atomic E-state index is 13.2. The number of nitrogens with one attached hydrogen (secondary N) is 1. The molecular weight excluding hydrogens is 293 g/mol. The Bertz CT molecular complexity index is 747. The summed E-state index contributed by atoms with van der Waals surface area (Å²) in [4.78, 5) is 13.2. The fraction of sp³-hybridized carbons (Fsp3) is 0. The van der Waals surface area contributed by atoms with Crippen LogP contribution in [0.2, 0.25) is 0 Å². The summed E-state index contributed by atoms with van der Waals surface area (Å²) in [6.45, 7) is 0. The van der Waals surface area contributed by atoms with Crippen LogP contribution in [0.5, 0.6) is 0 Å². The molecule has 9 heteroatoms. The number of anilines is 1. The van der Waals surface area contributed by atoms with Gasteiger partial charge in [-0.05, 0) is 36.0 Å². The molecule has 0 saturated heterocycles. The van der Waals surface area contributed by atoms with Gasteiger partial charge in [0.25, 0.3) is 5.95 Å². The molecule has 0 spiro atoms. The molecule has 0 atom stereocenters. The molecule has 1 aromatic carbocycles. The van der Waals surface area contributed by atoms with Crippen LogP contribution in [0.25, 0.3) is 5.95 Å². The lowest BCUT2D eigenvalue weighted by Gasteiger charge is -2.06. The lowest BCUT2D eigenvalue weighted by molar-refractivity contribution is 0.624. The topological polar surface area (TPSA) is 94.5 Å². The fourth-order valence-corrected chi connectivity index (χ4v) is 2.37. The monoisotopic (exact) mass is 303 g/mol. The van der Waals surface area contributed by atoms with Crippen molar-refractivity contribution in [2.75, 3.05) is 5.43 Å². The van der Waals surface area contributed by atoms with Gasteiger partial charge in [-0.2, -0.15) is 20.1 Å². The third kappa shape index (κ3) is 3.15. The summed E-state index contributed by atoms with van der Waals surface area (Å²) < 4.78 is 14.7. The first-order valence-corrected chi connectivity index (χ1v) is 6.72. The summed E-state index contributed by atoms with van der Waals surface area (Å²) in [5.74, 6) is 5.56. The Hall–Kier alpha value is -2.52. The van der Waals surface area contributed by atoms with Crippen LogP contribution in [0, 0.1) is 5.82 Å². The number of rotatable bonds is 4. The smallest absolute Gasteiger partial charge is 0.256 e. The van der Waals surface area contributed by atoms with Gasteiger partial charge in [0.05, 0.1) is 0 Å². The van der Waals surface area contributed by atoms with E-state index in [1.807, 2.05) is 0 Å². The molecule has 106 valence electrons. The van der Waals surface area contributed by atoms with Crippen molar-refractivity contribution in [3.63, 3.8) is 0 Å². The Kier molecular flexibility index (Phi) is 3.75. The second-order valence-corrected chi connectivity index (χ2v) is 4.94. The fourth-order valence-electron chi connectivity index (χ4n) is 1.58. The van der Waals surface area contributed by atoms with Crippen molar-refractivity contribution < 1.29 is 4.39 Å². The molecular formula is C12H10FN7S. The van der Waals surface area contributed by atoms with Crippen molar-refractivity contribution >= 4 is 17.7 Å². The minimum absolute atomic E-state index is 0.203. The third-order valence-electron chi connectivity index (χ3n) is 2.45. The summed E-state index contributed by atoms with van der Waals surface area (Å²) in [5.41, 5.74) is 2.38. The largest absolute Gasteiger partial charge is 0.292 e. The Morgan fingerprint density at radius 3 is 2.81 bits per heavy atom. The van der Waals surface area contributed by atoms with Gasteiger partial charge >= 0.3 is 0 Å². The van der Waals surface area contributed by atoms with Gasteiger partial charge in [-0.3, -0.25) is 5.43 Å². The van der Waals surface area contributed by atoms with Crippen LogP contribution in [0.15, 0.2) is 52.8 Å². The van der Waals surface area contributed by atoms with E-state index >= 15 is 0 Å². The predicted molar refractivity (Wildman–Crippen MR) is 75.3 cm³/mol. The van der Waals surface area contributed by atoms with E-state index in [9.17, 15) is 4.39 Å². The molecule has 7 nitrogen and oxygen atoms in total. The molecule has 3 N–H and O–H groups in total. The number of hydrazine groups is 1. The lowest BCUT2D eigenvalue weighted by Crippen LogP contribution is -2.14. The molecule has 0 aliphatic heterocycles. The number of hydrogen-bond donors (Lipinski definition) is 2. The Balaban J connectivity index is 1.96. The van der Waals surface area contributed by atoms with Crippen LogP contribution in [-0.4, -0.2) is 24.7 Å². The zero-order valence-corrected chi connectivity index (χ0v) is 11.5. The molecule has 2 heterocycles. The molecule has 0 amide bonds. The van der Waals surface area contributed by atoms with Gasteiger partial charge in [0.2, 0.25) is 5.95 Å². The zero-order chi connectivity index (χ0) is 14.7. The van der Waals surface area contributed by atoms with E-state index in [1.165, 1.54) is 28.6 Å². The number of halogens is 1. The van der Waals surface area contributed by atoms with E-state index in [2.05, 4.69) is 25.5 Å². The van der Waals surface area contributed by atoms with Crippen LogP contribution in [0.1, 0.15) is 0 Å². The molecule has 0 radical (unpaired) electrons. The second-order valence-electron chi connectivity index (χ2n) is 3.90. The number of nitrogens with two attached hydrogens (primary N) is 1. The Labute approximate surface area is 123 Å². The summed E-state index contributed by atoms with van der Waals surface area (Å²) in [6.07, 6.45) is 3.31. The van der Waals surface area contributed by atoms with Crippen molar-refractivity contribution in [2.45, 2.75) is 10.1 Å². The summed E-state index contributed by atoms with van der Waals surface area (Å²) in [7, 11) is 0. The standard InChI is InChI=1S/C12H10FN7S/c13-8-3-1-4-9(7-8)21-12-17-10(19-14)16-11(18-12)20-6-2-5-15-20/h1-7H,14H2,(H,16,17,18,19). The van der Waals surface area contributed by atoms with Crippen molar-refractivity contribution in [2.24, 2.45) is 5.84 Å². The first-order valence-electron chi connectivity index (χ1n) is 5.91.